The zero-order valence-corrected chi connectivity index (χ0v) is 13.8. The summed E-state index contributed by atoms with van der Waals surface area (Å²) in [4.78, 5) is 27.9. The third-order valence-corrected chi connectivity index (χ3v) is 4.20. The molecule has 0 spiro atoms. The first-order chi connectivity index (χ1) is 10.4. The lowest BCUT2D eigenvalue weighted by molar-refractivity contribution is -0.128. The standard InChI is InChI=1S/C17H24N2O3/c1-12-11-16(22-4)13(2)10-15(12)17(21)19-7-5-6-18(8-9-19)14(3)20/h10-11H,5-9H2,1-4H3. The number of aryl methyl sites for hydroxylation is 2. The van der Waals surface area contributed by atoms with E-state index in [-0.39, 0.29) is 11.8 Å². The predicted molar refractivity (Wildman–Crippen MR) is 85.2 cm³/mol. The number of methoxy groups -OCH3 is 1. The normalized spacial score (nSPS) is 15.5. The predicted octanol–water partition coefficient (Wildman–Crippen LogP) is 2.01. The van der Waals surface area contributed by atoms with Crippen LogP contribution in [0.15, 0.2) is 12.1 Å². The molecule has 5 nitrogen and oxygen atoms in total. The van der Waals surface area contributed by atoms with Crippen LogP contribution in [0, 0.1) is 13.8 Å². The van der Waals surface area contributed by atoms with Crippen LogP contribution in [0.2, 0.25) is 0 Å². The molecule has 1 aliphatic rings. The van der Waals surface area contributed by atoms with Gasteiger partial charge in [0, 0.05) is 38.7 Å². The minimum atomic E-state index is 0.0358. The number of benzene rings is 1. The van der Waals surface area contributed by atoms with E-state index in [1.54, 1.807) is 18.9 Å². The molecule has 0 aromatic heterocycles. The van der Waals surface area contributed by atoms with Crippen molar-refractivity contribution in [2.24, 2.45) is 0 Å². The van der Waals surface area contributed by atoms with Crippen LogP contribution in [0.3, 0.4) is 0 Å². The van der Waals surface area contributed by atoms with Crippen LogP contribution in [-0.2, 0) is 4.79 Å². The Morgan fingerprint density at radius 1 is 1.00 bits per heavy atom. The highest BCUT2D eigenvalue weighted by atomic mass is 16.5. The Balaban J connectivity index is 2.18. The second-order valence-corrected chi connectivity index (χ2v) is 5.79. The summed E-state index contributed by atoms with van der Waals surface area (Å²) in [5.41, 5.74) is 2.59. The fourth-order valence-electron chi connectivity index (χ4n) is 2.85. The van der Waals surface area contributed by atoms with Gasteiger partial charge >= 0.3 is 0 Å². The van der Waals surface area contributed by atoms with Gasteiger partial charge in [0.25, 0.3) is 5.91 Å². The number of ether oxygens (including phenoxy) is 1. The first-order valence-corrected chi connectivity index (χ1v) is 7.64. The van der Waals surface area contributed by atoms with Gasteiger partial charge in [0.2, 0.25) is 5.91 Å². The highest BCUT2D eigenvalue weighted by Crippen LogP contribution is 2.23. The van der Waals surface area contributed by atoms with Crippen LogP contribution in [0.4, 0.5) is 0 Å². The van der Waals surface area contributed by atoms with Gasteiger partial charge in [-0.15, -0.1) is 0 Å². The first-order valence-electron chi connectivity index (χ1n) is 7.64. The monoisotopic (exact) mass is 304 g/mol. The molecule has 0 radical (unpaired) electrons. The van der Waals surface area contributed by atoms with Gasteiger partial charge < -0.3 is 14.5 Å². The van der Waals surface area contributed by atoms with Gasteiger partial charge in [0.1, 0.15) is 5.75 Å². The third kappa shape index (κ3) is 3.40. The van der Waals surface area contributed by atoms with Crippen molar-refractivity contribution >= 4 is 11.8 Å². The van der Waals surface area contributed by atoms with E-state index in [2.05, 4.69) is 0 Å². The smallest absolute Gasteiger partial charge is 0.254 e. The highest BCUT2D eigenvalue weighted by molar-refractivity contribution is 5.96. The van der Waals surface area contributed by atoms with Gasteiger partial charge in [-0.2, -0.15) is 0 Å². The summed E-state index contributed by atoms with van der Waals surface area (Å²) >= 11 is 0. The summed E-state index contributed by atoms with van der Waals surface area (Å²) in [6.45, 7) is 8.05. The molecule has 5 heteroatoms. The van der Waals surface area contributed by atoms with Gasteiger partial charge in [-0.25, -0.2) is 0 Å². The van der Waals surface area contributed by atoms with E-state index >= 15 is 0 Å². The fourth-order valence-corrected chi connectivity index (χ4v) is 2.85. The van der Waals surface area contributed by atoms with Gasteiger partial charge in [-0.05, 0) is 43.5 Å². The summed E-state index contributed by atoms with van der Waals surface area (Å²) in [6, 6.07) is 3.80. The molecular weight excluding hydrogens is 280 g/mol. The van der Waals surface area contributed by atoms with E-state index in [1.165, 1.54) is 0 Å². The summed E-state index contributed by atoms with van der Waals surface area (Å²) in [7, 11) is 1.63. The summed E-state index contributed by atoms with van der Waals surface area (Å²) in [5.74, 6) is 0.909. The van der Waals surface area contributed by atoms with Crippen molar-refractivity contribution in [3.05, 3.63) is 28.8 Å². The molecule has 2 amide bonds. The van der Waals surface area contributed by atoms with Gasteiger partial charge in [-0.3, -0.25) is 9.59 Å². The number of nitrogens with zero attached hydrogens (tertiary/aromatic N) is 2. The maximum absolute atomic E-state index is 12.8. The average molecular weight is 304 g/mol. The van der Waals surface area contributed by atoms with Crippen LogP contribution in [-0.4, -0.2) is 54.9 Å². The van der Waals surface area contributed by atoms with Crippen molar-refractivity contribution in [1.29, 1.82) is 0 Å². The van der Waals surface area contributed by atoms with E-state index in [9.17, 15) is 9.59 Å². The van der Waals surface area contributed by atoms with Gasteiger partial charge in [0.05, 0.1) is 7.11 Å². The molecule has 0 atom stereocenters. The molecule has 0 unspecified atom stereocenters. The minimum absolute atomic E-state index is 0.0358. The van der Waals surface area contributed by atoms with E-state index in [4.69, 9.17) is 4.74 Å². The number of carbonyl (C=O) groups is 2. The lowest BCUT2D eigenvalue weighted by atomic mass is 10.0. The van der Waals surface area contributed by atoms with Crippen molar-refractivity contribution in [1.82, 2.24) is 9.80 Å². The molecule has 0 bridgehead atoms. The molecule has 1 aromatic rings. The van der Waals surface area contributed by atoms with Crippen LogP contribution in [0.1, 0.15) is 34.8 Å². The molecule has 0 N–H and O–H groups in total. The lowest BCUT2D eigenvalue weighted by Gasteiger charge is -2.22. The van der Waals surface area contributed by atoms with Crippen molar-refractivity contribution < 1.29 is 14.3 Å². The van der Waals surface area contributed by atoms with Crippen LogP contribution < -0.4 is 4.74 Å². The van der Waals surface area contributed by atoms with E-state index < -0.39 is 0 Å². The highest BCUT2D eigenvalue weighted by Gasteiger charge is 2.23. The quantitative estimate of drug-likeness (QED) is 0.840. The molecule has 1 fully saturated rings. The zero-order valence-electron chi connectivity index (χ0n) is 13.8. The summed E-state index contributed by atoms with van der Waals surface area (Å²) < 4.78 is 5.30. The van der Waals surface area contributed by atoms with Crippen LogP contribution >= 0.6 is 0 Å². The topological polar surface area (TPSA) is 49.9 Å². The average Bonchev–Trinajstić information content (AvgIpc) is 2.74. The number of hydrogen-bond donors (Lipinski definition) is 0. The van der Waals surface area contributed by atoms with Crippen LogP contribution in [0.5, 0.6) is 5.75 Å². The first kappa shape index (κ1) is 16.3. The molecular formula is C17H24N2O3. The molecule has 0 saturated carbocycles. The van der Waals surface area contributed by atoms with Crippen molar-refractivity contribution in [3.63, 3.8) is 0 Å². The Morgan fingerprint density at radius 3 is 2.27 bits per heavy atom. The molecule has 1 heterocycles. The Morgan fingerprint density at radius 2 is 1.64 bits per heavy atom. The second-order valence-electron chi connectivity index (χ2n) is 5.79. The van der Waals surface area contributed by atoms with Gasteiger partial charge in [0.15, 0.2) is 0 Å². The second kappa shape index (κ2) is 6.81. The Kier molecular flexibility index (Phi) is 5.06. The molecule has 1 aromatic carbocycles. The Hall–Kier alpha value is -2.04. The minimum Gasteiger partial charge on any atom is -0.496 e. The Labute approximate surface area is 131 Å². The van der Waals surface area contributed by atoms with E-state index in [0.717, 1.165) is 35.4 Å². The van der Waals surface area contributed by atoms with Crippen molar-refractivity contribution in [3.8, 4) is 5.75 Å². The third-order valence-electron chi connectivity index (χ3n) is 4.20. The summed E-state index contributed by atoms with van der Waals surface area (Å²) in [6.07, 6.45) is 0.819. The lowest BCUT2D eigenvalue weighted by Crippen LogP contribution is -2.36. The van der Waals surface area contributed by atoms with Crippen molar-refractivity contribution in [2.45, 2.75) is 27.2 Å². The van der Waals surface area contributed by atoms with Crippen molar-refractivity contribution in [2.75, 3.05) is 33.3 Å². The molecule has 2 rings (SSSR count). The maximum Gasteiger partial charge on any atom is 0.254 e. The maximum atomic E-state index is 12.8. The van der Waals surface area contributed by atoms with E-state index in [0.29, 0.717) is 19.6 Å². The largest absolute Gasteiger partial charge is 0.496 e. The molecule has 1 saturated heterocycles. The molecule has 1 aliphatic heterocycles. The zero-order chi connectivity index (χ0) is 16.3. The van der Waals surface area contributed by atoms with Crippen LogP contribution in [0.25, 0.3) is 0 Å². The molecule has 0 aliphatic carbocycles. The summed E-state index contributed by atoms with van der Waals surface area (Å²) in [5, 5.41) is 0. The number of hydrogen-bond acceptors (Lipinski definition) is 3. The SMILES string of the molecule is COc1cc(C)c(C(=O)N2CCCN(C(C)=O)CC2)cc1C. The molecule has 22 heavy (non-hydrogen) atoms. The number of carbonyl (C=O) groups excluding carboxylic acids is 2. The fraction of sp³-hybridized carbons (Fsp3) is 0.529. The molecule has 120 valence electrons. The number of rotatable bonds is 2. The van der Waals surface area contributed by atoms with E-state index in [1.807, 2.05) is 30.9 Å². The van der Waals surface area contributed by atoms with Gasteiger partial charge in [-0.1, -0.05) is 0 Å². The number of amides is 2. The Bertz CT molecular complexity index is 584.